The maximum Gasteiger partial charge on any atom is 0.265 e. The zero-order valence-electron chi connectivity index (χ0n) is 14.2. The standard InChI is InChI=1S/C19H22N2O4/c1-13(2)12-16(19(23)21-24)20-18(22)15-10-6-7-11-17(15)25-14-8-4-3-5-9-14/h3-11,13,16,24H,12H2,1-2H3,(H,20,22)(H,21,23)/t16-/m1/s1. The van der Waals surface area contributed by atoms with Gasteiger partial charge in [0, 0.05) is 0 Å². The maximum atomic E-state index is 12.6. The molecule has 0 saturated heterocycles. The van der Waals surface area contributed by atoms with E-state index in [1.54, 1.807) is 41.9 Å². The molecule has 2 aromatic rings. The molecule has 0 saturated carbocycles. The van der Waals surface area contributed by atoms with Gasteiger partial charge in [0.2, 0.25) is 0 Å². The molecule has 3 N–H and O–H groups in total. The second kappa shape index (κ2) is 8.84. The summed E-state index contributed by atoms with van der Waals surface area (Å²) in [6, 6.07) is 15.1. The van der Waals surface area contributed by atoms with Crippen molar-refractivity contribution < 1.29 is 19.5 Å². The van der Waals surface area contributed by atoms with E-state index in [2.05, 4.69) is 5.32 Å². The van der Waals surface area contributed by atoms with Gasteiger partial charge in [-0.25, -0.2) is 5.48 Å². The molecule has 0 unspecified atom stereocenters. The van der Waals surface area contributed by atoms with Crippen LogP contribution in [0.15, 0.2) is 54.6 Å². The van der Waals surface area contributed by atoms with E-state index in [0.29, 0.717) is 23.5 Å². The van der Waals surface area contributed by atoms with Gasteiger partial charge < -0.3 is 10.1 Å². The van der Waals surface area contributed by atoms with Crippen LogP contribution in [0.3, 0.4) is 0 Å². The zero-order chi connectivity index (χ0) is 18.2. The Morgan fingerprint density at radius 3 is 2.32 bits per heavy atom. The molecule has 0 aliphatic rings. The number of hydrogen-bond acceptors (Lipinski definition) is 4. The Labute approximate surface area is 146 Å². The molecule has 0 aliphatic heterocycles. The summed E-state index contributed by atoms with van der Waals surface area (Å²) in [7, 11) is 0. The third kappa shape index (κ3) is 5.32. The predicted molar refractivity (Wildman–Crippen MR) is 93.6 cm³/mol. The number of hydrogen-bond donors (Lipinski definition) is 3. The van der Waals surface area contributed by atoms with Crippen molar-refractivity contribution >= 4 is 11.8 Å². The average molecular weight is 342 g/mol. The molecular weight excluding hydrogens is 320 g/mol. The summed E-state index contributed by atoms with van der Waals surface area (Å²) in [5.41, 5.74) is 1.91. The van der Waals surface area contributed by atoms with Crippen molar-refractivity contribution in [2.45, 2.75) is 26.3 Å². The summed E-state index contributed by atoms with van der Waals surface area (Å²) in [5, 5.41) is 11.5. The third-order valence-electron chi connectivity index (χ3n) is 3.54. The summed E-state index contributed by atoms with van der Waals surface area (Å²) < 4.78 is 5.77. The second-order valence-electron chi connectivity index (χ2n) is 6.04. The number of nitrogens with one attached hydrogen (secondary N) is 2. The Hall–Kier alpha value is -2.86. The van der Waals surface area contributed by atoms with Gasteiger partial charge >= 0.3 is 0 Å². The third-order valence-corrected chi connectivity index (χ3v) is 3.54. The number of ether oxygens (including phenoxy) is 1. The smallest absolute Gasteiger partial charge is 0.265 e. The van der Waals surface area contributed by atoms with Crippen molar-refractivity contribution in [3.8, 4) is 11.5 Å². The minimum Gasteiger partial charge on any atom is -0.457 e. The second-order valence-corrected chi connectivity index (χ2v) is 6.04. The zero-order valence-corrected chi connectivity index (χ0v) is 14.2. The first-order valence-electron chi connectivity index (χ1n) is 8.08. The Bertz CT molecular complexity index is 716. The van der Waals surface area contributed by atoms with Crippen molar-refractivity contribution in [1.82, 2.24) is 10.8 Å². The van der Waals surface area contributed by atoms with E-state index in [1.165, 1.54) is 0 Å². The van der Waals surface area contributed by atoms with E-state index in [0.717, 1.165) is 0 Å². The lowest BCUT2D eigenvalue weighted by Crippen LogP contribution is -2.46. The Balaban J connectivity index is 2.19. The first-order chi connectivity index (χ1) is 12.0. The molecule has 6 heteroatoms. The average Bonchev–Trinajstić information content (AvgIpc) is 2.61. The topological polar surface area (TPSA) is 87.7 Å². The Morgan fingerprint density at radius 2 is 1.68 bits per heavy atom. The highest BCUT2D eigenvalue weighted by Gasteiger charge is 2.23. The number of carbonyl (C=O) groups is 2. The van der Waals surface area contributed by atoms with Crippen LogP contribution in [0.5, 0.6) is 11.5 Å². The van der Waals surface area contributed by atoms with Crippen LogP contribution in [-0.2, 0) is 4.79 Å². The fourth-order valence-electron chi connectivity index (χ4n) is 2.38. The van der Waals surface area contributed by atoms with Crippen LogP contribution in [0.25, 0.3) is 0 Å². The van der Waals surface area contributed by atoms with Gasteiger partial charge in [0.1, 0.15) is 17.5 Å². The number of hydroxylamine groups is 1. The summed E-state index contributed by atoms with van der Waals surface area (Å²) in [6.07, 6.45) is 0.403. The van der Waals surface area contributed by atoms with E-state index < -0.39 is 17.9 Å². The van der Waals surface area contributed by atoms with E-state index in [9.17, 15) is 9.59 Å². The molecule has 0 aromatic heterocycles. The van der Waals surface area contributed by atoms with Gasteiger partial charge in [0.05, 0.1) is 5.56 Å². The SMILES string of the molecule is CC(C)C[C@@H](NC(=O)c1ccccc1Oc1ccccc1)C(=O)NO. The van der Waals surface area contributed by atoms with Gasteiger partial charge in [-0.05, 0) is 36.6 Å². The molecule has 0 heterocycles. The van der Waals surface area contributed by atoms with Crippen molar-refractivity contribution in [1.29, 1.82) is 0 Å². The molecular formula is C19H22N2O4. The summed E-state index contributed by atoms with van der Waals surface area (Å²) >= 11 is 0. The van der Waals surface area contributed by atoms with Crippen molar-refractivity contribution in [3.63, 3.8) is 0 Å². The van der Waals surface area contributed by atoms with Crippen LogP contribution in [0.2, 0.25) is 0 Å². The molecule has 2 amide bonds. The summed E-state index contributed by atoms with van der Waals surface area (Å²) in [6.45, 7) is 3.85. The first-order valence-corrected chi connectivity index (χ1v) is 8.08. The summed E-state index contributed by atoms with van der Waals surface area (Å²) in [4.78, 5) is 24.4. The van der Waals surface area contributed by atoms with Crippen molar-refractivity contribution in [2.75, 3.05) is 0 Å². The highest BCUT2D eigenvalue weighted by molar-refractivity contribution is 5.99. The molecule has 0 bridgehead atoms. The molecule has 25 heavy (non-hydrogen) atoms. The van der Waals surface area contributed by atoms with E-state index in [-0.39, 0.29) is 5.92 Å². The molecule has 6 nitrogen and oxygen atoms in total. The van der Waals surface area contributed by atoms with Gasteiger partial charge in [-0.2, -0.15) is 0 Å². The predicted octanol–water partition coefficient (Wildman–Crippen LogP) is 3.13. The van der Waals surface area contributed by atoms with Gasteiger partial charge in [-0.15, -0.1) is 0 Å². The van der Waals surface area contributed by atoms with Gasteiger partial charge in [0.15, 0.2) is 0 Å². The van der Waals surface area contributed by atoms with E-state index >= 15 is 0 Å². The molecule has 0 radical (unpaired) electrons. The van der Waals surface area contributed by atoms with Crippen LogP contribution in [0.4, 0.5) is 0 Å². The maximum absolute atomic E-state index is 12.6. The van der Waals surface area contributed by atoms with Crippen LogP contribution in [0.1, 0.15) is 30.6 Å². The van der Waals surface area contributed by atoms with Crippen LogP contribution in [0, 0.1) is 5.92 Å². The minimum atomic E-state index is -0.831. The van der Waals surface area contributed by atoms with Crippen molar-refractivity contribution in [3.05, 3.63) is 60.2 Å². The normalized spacial score (nSPS) is 11.7. The molecule has 0 spiro atoms. The number of para-hydroxylation sites is 2. The monoisotopic (exact) mass is 342 g/mol. The number of amides is 2. The fourth-order valence-corrected chi connectivity index (χ4v) is 2.38. The van der Waals surface area contributed by atoms with E-state index in [1.807, 2.05) is 32.0 Å². The lowest BCUT2D eigenvalue weighted by atomic mass is 10.0. The Morgan fingerprint density at radius 1 is 1.04 bits per heavy atom. The van der Waals surface area contributed by atoms with Crippen LogP contribution >= 0.6 is 0 Å². The quantitative estimate of drug-likeness (QED) is 0.533. The number of benzene rings is 2. The minimum absolute atomic E-state index is 0.165. The van der Waals surface area contributed by atoms with Gasteiger partial charge in [-0.3, -0.25) is 14.8 Å². The lowest BCUT2D eigenvalue weighted by Gasteiger charge is -2.19. The fraction of sp³-hybridized carbons (Fsp3) is 0.263. The molecule has 0 fully saturated rings. The van der Waals surface area contributed by atoms with Crippen molar-refractivity contribution in [2.24, 2.45) is 5.92 Å². The highest BCUT2D eigenvalue weighted by atomic mass is 16.5. The Kier molecular flexibility index (Phi) is 6.54. The molecule has 2 rings (SSSR count). The van der Waals surface area contributed by atoms with Crippen LogP contribution < -0.4 is 15.5 Å². The number of carbonyl (C=O) groups excluding carboxylic acids is 2. The lowest BCUT2D eigenvalue weighted by molar-refractivity contribution is -0.131. The van der Waals surface area contributed by atoms with Crippen LogP contribution in [-0.4, -0.2) is 23.1 Å². The number of rotatable bonds is 7. The molecule has 0 aliphatic carbocycles. The highest BCUT2D eigenvalue weighted by Crippen LogP contribution is 2.25. The van der Waals surface area contributed by atoms with E-state index in [4.69, 9.17) is 9.94 Å². The summed E-state index contributed by atoms with van der Waals surface area (Å²) in [5.74, 6) is 0.0659. The first kappa shape index (κ1) is 18.5. The van der Waals surface area contributed by atoms with Gasteiger partial charge in [-0.1, -0.05) is 44.2 Å². The molecule has 1 atom stereocenters. The molecule has 2 aromatic carbocycles. The largest absolute Gasteiger partial charge is 0.457 e. The van der Waals surface area contributed by atoms with Gasteiger partial charge in [0.25, 0.3) is 11.8 Å². The molecule has 132 valence electrons.